The number of methoxy groups -OCH3 is 1. The molecule has 0 aromatic carbocycles. The molecule has 0 aromatic heterocycles. The van der Waals surface area contributed by atoms with Crippen LogP contribution < -0.4 is 5.32 Å². The predicted molar refractivity (Wildman–Crippen MR) is 108 cm³/mol. The van der Waals surface area contributed by atoms with Crippen LogP contribution in [-0.4, -0.2) is 76.2 Å². The summed E-state index contributed by atoms with van der Waals surface area (Å²) in [7, 11) is 3.62. The zero-order valence-electron chi connectivity index (χ0n) is 15.4. The number of hydrogen-bond acceptors (Lipinski definition) is 4. The summed E-state index contributed by atoms with van der Waals surface area (Å²) in [6.07, 6.45) is 7.11. The number of hydrogen-bond donors (Lipinski definition) is 1. The fraction of sp³-hybridized carbons (Fsp3) is 0.944. The van der Waals surface area contributed by atoms with Crippen molar-refractivity contribution < 1.29 is 14.2 Å². The van der Waals surface area contributed by atoms with Gasteiger partial charge >= 0.3 is 0 Å². The molecule has 4 unspecified atom stereocenters. The van der Waals surface area contributed by atoms with Gasteiger partial charge in [-0.15, -0.1) is 24.0 Å². The van der Waals surface area contributed by atoms with Crippen molar-refractivity contribution in [3.63, 3.8) is 0 Å². The van der Waals surface area contributed by atoms with E-state index in [2.05, 4.69) is 15.2 Å². The van der Waals surface area contributed by atoms with Gasteiger partial charge in [0.2, 0.25) is 0 Å². The van der Waals surface area contributed by atoms with Crippen LogP contribution in [0.15, 0.2) is 4.99 Å². The van der Waals surface area contributed by atoms with Gasteiger partial charge in [-0.3, -0.25) is 4.99 Å². The Morgan fingerprint density at radius 2 is 2.08 bits per heavy atom. The fourth-order valence-electron chi connectivity index (χ4n) is 5.54. The Morgan fingerprint density at radius 1 is 1.28 bits per heavy atom. The molecule has 4 aliphatic rings. The van der Waals surface area contributed by atoms with Crippen molar-refractivity contribution in [1.82, 2.24) is 10.2 Å². The molecule has 2 saturated carbocycles. The Kier molecular flexibility index (Phi) is 6.50. The highest BCUT2D eigenvalue weighted by molar-refractivity contribution is 14.0. The van der Waals surface area contributed by atoms with E-state index in [4.69, 9.17) is 14.2 Å². The first-order valence-electron chi connectivity index (χ1n) is 9.49. The molecular weight excluding hydrogens is 433 g/mol. The molecule has 1 spiro atoms. The van der Waals surface area contributed by atoms with E-state index in [0.717, 1.165) is 32.3 Å². The molecule has 4 rings (SSSR count). The van der Waals surface area contributed by atoms with Crippen molar-refractivity contribution >= 4 is 29.9 Å². The van der Waals surface area contributed by atoms with Crippen LogP contribution in [0.1, 0.15) is 32.1 Å². The minimum Gasteiger partial charge on any atom is -0.382 e. The predicted octanol–water partition coefficient (Wildman–Crippen LogP) is 1.87. The van der Waals surface area contributed by atoms with Gasteiger partial charge < -0.3 is 24.4 Å². The summed E-state index contributed by atoms with van der Waals surface area (Å²) in [6.45, 7) is 4.04. The quantitative estimate of drug-likeness (QED) is 0.392. The number of morpholine rings is 1. The average molecular weight is 465 g/mol. The number of rotatable bonds is 3. The van der Waals surface area contributed by atoms with Crippen molar-refractivity contribution in [3.8, 4) is 0 Å². The third kappa shape index (κ3) is 3.41. The first kappa shape index (κ1) is 19.6. The molecule has 2 heterocycles. The minimum absolute atomic E-state index is 0. The summed E-state index contributed by atoms with van der Waals surface area (Å²) in [6, 6.07) is 0.523. The van der Waals surface area contributed by atoms with Crippen LogP contribution in [0, 0.1) is 11.3 Å². The van der Waals surface area contributed by atoms with Crippen LogP contribution in [0.5, 0.6) is 0 Å². The van der Waals surface area contributed by atoms with Gasteiger partial charge in [-0.1, -0.05) is 12.8 Å². The van der Waals surface area contributed by atoms with Gasteiger partial charge in [0.25, 0.3) is 0 Å². The van der Waals surface area contributed by atoms with Crippen molar-refractivity contribution in [2.45, 2.75) is 50.4 Å². The molecule has 1 N–H and O–H groups in total. The topological polar surface area (TPSA) is 55.3 Å². The van der Waals surface area contributed by atoms with E-state index in [1.807, 2.05) is 7.05 Å². The number of guanidine groups is 1. The van der Waals surface area contributed by atoms with Crippen molar-refractivity contribution in [2.75, 3.05) is 47.1 Å². The second-order valence-electron chi connectivity index (χ2n) is 7.75. The standard InChI is InChI=1S/C18H31N3O3.HI/c1-19-17(21-8-10-23-13(11-21)12-22-2)20-15-14-5-9-24-16(14)18(15)6-3-4-7-18;/h13-16H,3-12H2,1-2H3,(H,19,20);1H. The fourth-order valence-corrected chi connectivity index (χ4v) is 5.54. The lowest BCUT2D eigenvalue weighted by atomic mass is 9.54. The summed E-state index contributed by atoms with van der Waals surface area (Å²) >= 11 is 0. The molecule has 6 nitrogen and oxygen atoms in total. The van der Waals surface area contributed by atoms with Crippen LogP contribution in [-0.2, 0) is 14.2 Å². The highest BCUT2D eigenvalue weighted by Gasteiger charge is 2.65. The SMILES string of the molecule is CN=C(NC1C2CCOC2C12CCCC2)N1CCOC(COC)C1.I. The largest absolute Gasteiger partial charge is 0.382 e. The van der Waals surface area contributed by atoms with Crippen LogP contribution in [0.4, 0.5) is 0 Å². The monoisotopic (exact) mass is 465 g/mol. The second-order valence-corrected chi connectivity index (χ2v) is 7.75. The van der Waals surface area contributed by atoms with Crippen LogP contribution in [0.25, 0.3) is 0 Å². The van der Waals surface area contributed by atoms with Crippen LogP contribution >= 0.6 is 24.0 Å². The molecule has 2 aliphatic heterocycles. The summed E-state index contributed by atoms with van der Waals surface area (Å²) < 4.78 is 17.1. The summed E-state index contributed by atoms with van der Waals surface area (Å²) in [5, 5.41) is 3.84. The van der Waals surface area contributed by atoms with Gasteiger partial charge in [0.15, 0.2) is 5.96 Å². The van der Waals surface area contributed by atoms with Gasteiger partial charge in [-0.05, 0) is 19.3 Å². The molecule has 4 atom stereocenters. The normalized spacial score (nSPS) is 36.7. The number of nitrogens with one attached hydrogen (secondary N) is 1. The van der Waals surface area contributed by atoms with Gasteiger partial charge in [0.05, 0.1) is 25.4 Å². The maximum atomic E-state index is 6.10. The molecule has 2 saturated heterocycles. The Hall–Kier alpha value is -0.120. The third-order valence-corrected chi connectivity index (χ3v) is 6.57. The first-order chi connectivity index (χ1) is 11.8. The maximum absolute atomic E-state index is 6.10. The molecular formula is C18H32IN3O3. The molecule has 0 bridgehead atoms. The summed E-state index contributed by atoms with van der Waals surface area (Å²) in [4.78, 5) is 6.92. The lowest BCUT2D eigenvalue weighted by Gasteiger charge is -2.57. The van der Waals surface area contributed by atoms with Crippen molar-refractivity contribution in [1.29, 1.82) is 0 Å². The maximum Gasteiger partial charge on any atom is 0.194 e. The number of ether oxygens (including phenoxy) is 3. The third-order valence-electron chi connectivity index (χ3n) is 6.57. The van der Waals surface area contributed by atoms with Crippen LogP contribution in [0.3, 0.4) is 0 Å². The van der Waals surface area contributed by atoms with Crippen LogP contribution in [0.2, 0.25) is 0 Å². The number of fused-ring (bicyclic) bond motifs is 2. The van der Waals surface area contributed by atoms with Crippen molar-refractivity contribution in [2.24, 2.45) is 16.3 Å². The van der Waals surface area contributed by atoms with Gasteiger partial charge in [0, 0.05) is 51.2 Å². The Balaban J connectivity index is 0.00000182. The zero-order chi connectivity index (χ0) is 16.6. The summed E-state index contributed by atoms with van der Waals surface area (Å²) in [5.74, 6) is 1.69. The Labute approximate surface area is 168 Å². The second kappa shape index (κ2) is 8.27. The Morgan fingerprint density at radius 3 is 2.80 bits per heavy atom. The smallest absolute Gasteiger partial charge is 0.194 e. The van der Waals surface area contributed by atoms with E-state index >= 15 is 0 Å². The molecule has 4 fully saturated rings. The highest BCUT2D eigenvalue weighted by atomic mass is 127. The minimum atomic E-state index is 0. The first-order valence-corrected chi connectivity index (χ1v) is 9.49. The van der Waals surface area contributed by atoms with E-state index in [0.29, 0.717) is 30.1 Å². The van der Waals surface area contributed by atoms with E-state index < -0.39 is 0 Å². The molecule has 7 heteroatoms. The van der Waals surface area contributed by atoms with E-state index in [1.54, 1.807) is 7.11 Å². The molecule has 144 valence electrons. The highest BCUT2D eigenvalue weighted by Crippen LogP contribution is 2.60. The van der Waals surface area contributed by atoms with Gasteiger partial charge in [0.1, 0.15) is 0 Å². The average Bonchev–Trinajstić information content (AvgIpc) is 3.25. The lowest BCUT2D eigenvalue weighted by Crippen LogP contribution is -2.70. The Bertz CT molecular complexity index is 482. The van der Waals surface area contributed by atoms with E-state index in [1.165, 1.54) is 32.1 Å². The summed E-state index contributed by atoms with van der Waals surface area (Å²) in [5.41, 5.74) is 0.356. The van der Waals surface area contributed by atoms with Gasteiger partial charge in [-0.2, -0.15) is 0 Å². The molecule has 0 amide bonds. The molecule has 2 aliphatic carbocycles. The molecule has 0 radical (unpaired) electrons. The number of nitrogens with zero attached hydrogens (tertiary/aromatic N) is 2. The van der Waals surface area contributed by atoms with Crippen molar-refractivity contribution in [3.05, 3.63) is 0 Å². The molecule has 0 aromatic rings. The zero-order valence-corrected chi connectivity index (χ0v) is 17.7. The molecule has 25 heavy (non-hydrogen) atoms. The number of halogens is 1. The number of aliphatic imine (C=N–C) groups is 1. The van der Waals surface area contributed by atoms with E-state index in [9.17, 15) is 0 Å². The van der Waals surface area contributed by atoms with Gasteiger partial charge in [-0.25, -0.2) is 0 Å². The van der Waals surface area contributed by atoms with E-state index in [-0.39, 0.29) is 30.1 Å². The lowest BCUT2D eigenvalue weighted by molar-refractivity contribution is -0.126.